The van der Waals surface area contributed by atoms with Crippen molar-refractivity contribution in [1.29, 1.82) is 0 Å². The van der Waals surface area contributed by atoms with Gasteiger partial charge in [-0.25, -0.2) is 23.6 Å². The zero-order chi connectivity index (χ0) is 27.9. The van der Waals surface area contributed by atoms with Crippen molar-refractivity contribution in [2.45, 2.75) is 13.8 Å². The summed E-state index contributed by atoms with van der Waals surface area (Å²) < 4.78 is 30.6. The van der Waals surface area contributed by atoms with Gasteiger partial charge in [0.25, 0.3) is 0 Å². The number of carbonyl (C=O) groups excluding carboxylic acids is 2. The molecule has 4 rings (SSSR count). The molecule has 194 valence electrons. The number of carboxylic acid groups (broad SMARTS) is 2. The summed E-state index contributed by atoms with van der Waals surface area (Å²) >= 11 is 0. The molecule has 1 aromatic heterocycles. The largest absolute Gasteiger partial charge is 0.478 e. The van der Waals surface area contributed by atoms with E-state index in [1.54, 1.807) is 37.3 Å². The highest BCUT2D eigenvalue weighted by molar-refractivity contribution is 6.31. The van der Waals surface area contributed by atoms with E-state index in [9.17, 15) is 33.8 Å². The van der Waals surface area contributed by atoms with Crippen molar-refractivity contribution in [1.82, 2.24) is 0 Å². The fourth-order valence-corrected chi connectivity index (χ4v) is 4.45. The van der Waals surface area contributed by atoms with Crippen molar-refractivity contribution in [3.63, 3.8) is 0 Å². The fraction of sp³-hybridized carbons (Fsp3) is 0.143. The molecule has 38 heavy (non-hydrogen) atoms. The van der Waals surface area contributed by atoms with E-state index in [0.29, 0.717) is 17.2 Å². The average Bonchev–Trinajstić information content (AvgIpc) is 3.27. The summed E-state index contributed by atoms with van der Waals surface area (Å²) in [6.07, 6.45) is 0.692. The van der Waals surface area contributed by atoms with Gasteiger partial charge in [0.1, 0.15) is 17.0 Å². The van der Waals surface area contributed by atoms with E-state index >= 15 is 0 Å². The number of rotatable bonds is 6. The molecular weight excluding hydrogens is 499 g/mol. The van der Waals surface area contributed by atoms with E-state index in [0.717, 1.165) is 20.3 Å². The predicted molar refractivity (Wildman–Crippen MR) is 135 cm³/mol. The van der Waals surface area contributed by atoms with Crippen molar-refractivity contribution in [3.8, 4) is 11.1 Å². The lowest BCUT2D eigenvalue weighted by Gasteiger charge is -2.17. The molecule has 10 heteroatoms. The van der Waals surface area contributed by atoms with Crippen LogP contribution in [0.1, 0.15) is 37.4 Å². The Morgan fingerprint density at radius 2 is 1.50 bits per heavy atom. The van der Waals surface area contributed by atoms with Crippen molar-refractivity contribution in [2.24, 2.45) is 0 Å². The van der Waals surface area contributed by atoms with E-state index in [-0.39, 0.29) is 33.1 Å². The highest BCUT2D eigenvalue weighted by atomic mass is 19.1. The number of carboxylic acids is 2. The van der Waals surface area contributed by atoms with Gasteiger partial charge in [0.05, 0.1) is 30.9 Å². The molecule has 0 saturated carbocycles. The molecule has 0 aliphatic carbocycles. The number of fused-ring (bicyclic) bond motifs is 3. The van der Waals surface area contributed by atoms with Crippen LogP contribution in [0.3, 0.4) is 0 Å². The topological polar surface area (TPSA) is 140 Å². The van der Waals surface area contributed by atoms with Crippen LogP contribution in [-0.4, -0.2) is 48.3 Å². The maximum atomic E-state index is 15.0. The first-order valence-corrected chi connectivity index (χ1v) is 11.2. The minimum atomic E-state index is -1.71. The Kier molecular flexibility index (Phi) is 6.74. The Bertz CT molecular complexity index is 1690. The van der Waals surface area contributed by atoms with Crippen molar-refractivity contribution in [2.75, 3.05) is 14.2 Å². The van der Waals surface area contributed by atoms with Gasteiger partial charge in [0.2, 0.25) is 0 Å². The monoisotopic (exact) mass is 520 g/mol. The molecule has 4 aromatic rings. The summed E-state index contributed by atoms with van der Waals surface area (Å²) in [4.78, 5) is 50.5. The number of hydrogen-bond donors (Lipinski definition) is 2. The van der Waals surface area contributed by atoms with Gasteiger partial charge in [0.15, 0.2) is 0 Å². The third-order valence-electron chi connectivity index (χ3n) is 6.33. The van der Waals surface area contributed by atoms with E-state index in [1.807, 2.05) is 0 Å². The van der Waals surface area contributed by atoms with E-state index in [2.05, 4.69) is 4.74 Å². The number of carbonyl (C=O) groups is 4. The molecule has 0 unspecified atom stereocenters. The van der Waals surface area contributed by atoms with Crippen molar-refractivity contribution >= 4 is 51.4 Å². The Hall–Kier alpha value is -4.99. The van der Waals surface area contributed by atoms with Crippen LogP contribution in [-0.2, 0) is 19.1 Å². The SMILES string of the molecule is COC(=O)/C=C(\C(=O)OC)c1c(C(=O)O)c(C(=O)O)c(-c2ccccc2)c2oc3c(C)c(C)c(F)cc3c12. The van der Waals surface area contributed by atoms with Gasteiger partial charge in [0, 0.05) is 28.0 Å². The summed E-state index contributed by atoms with van der Waals surface area (Å²) in [5.74, 6) is -6.17. The lowest BCUT2D eigenvalue weighted by atomic mass is 9.84. The molecule has 0 radical (unpaired) electrons. The molecule has 0 aliphatic heterocycles. The second-order valence-corrected chi connectivity index (χ2v) is 8.34. The van der Waals surface area contributed by atoms with Gasteiger partial charge >= 0.3 is 23.9 Å². The number of furan rings is 1. The van der Waals surface area contributed by atoms with Crippen LogP contribution in [0.5, 0.6) is 0 Å². The van der Waals surface area contributed by atoms with Crippen LogP contribution < -0.4 is 0 Å². The Balaban J connectivity index is 2.45. The van der Waals surface area contributed by atoms with E-state index < -0.39 is 52.0 Å². The third-order valence-corrected chi connectivity index (χ3v) is 6.33. The van der Waals surface area contributed by atoms with Gasteiger partial charge in [-0.3, -0.25) is 0 Å². The molecule has 0 fully saturated rings. The standard InChI is InChI=1S/C28H21FO9/c1-12-13(2)24-15(10-17(12)29)21-20(16(28(35)37-4)11-18(30)36-3)23(27(33)34)22(26(31)32)19(25(21)38-24)14-8-6-5-7-9-14/h5-11H,1-4H3,(H,31,32)(H,33,34)/b16-11-. The first-order valence-electron chi connectivity index (χ1n) is 11.2. The molecule has 0 spiro atoms. The molecule has 9 nitrogen and oxygen atoms in total. The summed E-state index contributed by atoms with van der Waals surface area (Å²) in [5.41, 5.74) is -1.71. The second-order valence-electron chi connectivity index (χ2n) is 8.34. The number of hydrogen-bond acceptors (Lipinski definition) is 7. The van der Waals surface area contributed by atoms with E-state index in [1.165, 1.54) is 6.92 Å². The summed E-state index contributed by atoms with van der Waals surface area (Å²) in [6, 6.07) is 9.16. The van der Waals surface area contributed by atoms with Crippen LogP contribution in [0.25, 0.3) is 38.6 Å². The smallest absolute Gasteiger partial charge is 0.338 e. The van der Waals surface area contributed by atoms with Crippen LogP contribution in [0.15, 0.2) is 46.9 Å². The lowest BCUT2D eigenvalue weighted by molar-refractivity contribution is -0.136. The van der Waals surface area contributed by atoms with Crippen LogP contribution >= 0.6 is 0 Å². The van der Waals surface area contributed by atoms with Crippen LogP contribution in [0.4, 0.5) is 4.39 Å². The summed E-state index contributed by atoms with van der Waals surface area (Å²) in [7, 11) is 2.04. The van der Waals surface area contributed by atoms with Crippen LogP contribution in [0.2, 0.25) is 0 Å². The third kappa shape index (κ3) is 4.05. The molecule has 2 N–H and O–H groups in total. The quantitative estimate of drug-likeness (QED) is 0.261. The van der Waals surface area contributed by atoms with Crippen LogP contribution in [0, 0.1) is 19.7 Å². The van der Waals surface area contributed by atoms with Crippen molar-refractivity contribution in [3.05, 3.63) is 76.1 Å². The first-order chi connectivity index (χ1) is 18.0. The van der Waals surface area contributed by atoms with E-state index in [4.69, 9.17) is 9.15 Å². The van der Waals surface area contributed by atoms with Crippen molar-refractivity contribution < 1.29 is 47.7 Å². The normalized spacial score (nSPS) is 11.6. The van der Waals surface area contributed by atoms with Gasteiger partial charge in [-0.05, 0) is 36.6 Å². The van der Waals surface area contributed by atoms with Gasteiger partial charge in [-0.1, -0.05) is 30.3 Å². The number of aryl methyl sites for hydroxylation is 1. The minimum absolute atomic E-state index is 0.0758. The van der Waals surface area contributed by atoms with Gasteiger partial charge in [-0.15, -0.1) is 0 Å². The molecule has 3 aromatic carbocycles. The minimum Gasteiger partial charge on any atom is -0.478 e. The maximum Gasteiger partial charge on any atom is 0.338 e. The number of methoxy groups -OCH3 is 2. The lowest BCUT2D eigenvalue weighted by Crippen LogP contribution is -2.17. The number of ether oxygens (including phenoxy) is 2. The number of aromatic carboxylic acids is 2. The summed E-state index contributed by atoms with van der Waals surface area (Å²) in [5, 5.41) is 20.6. The predicted octanol–water partition coefficient (Wildman–Crippen LogP) is 5.13. The Morgan fingerprint density at radius 1 is 0.868 bits per heavy atom. The number of benzene rings is 3. The molecule has 0 saturated heterocycles. The molecule has 0 bridgehead atoms. The fourth-order valence-electron chi connectivity index (χ4n) is 4.45. The highest BCUT2D eigenvalue weighted by Gasteiger charge is 2.35. The molecule has 0 aliphatic rings. The highest BCUT2D eigenvalue weighted by Crippen LogP contribution is 2.46. The molecule has 0 atom stereocenters. The van der Waals surface area contributed by atoms with Gasteiger partial charge < -0.3 is 24.1 Å². The zero-order valence-corrected chi connectivity index (χ0v) is 20.7. The number of halogens is 1. The number of esters is 2. The van der Waals surface area contributed by atoms with Gasteiger partial charge in [-0.2, -0.15) is 0 Å². The first kappa shape index (κ1) is 26.1. The second kappa shape index (κ2) is 9.81. The summed E-state index contributed by atoms with van der Waals surface area (Å²) in [6.45, 7) is 3.12. The Labute approximate surface area is 214 Å². The average molecular weight is 520 g/mol. The molecule has 1 heterocycles. The zero-order valence-electron chi connectivity index (χ0n) is 20.7. The Morgan fingerprint density at radius 3 is 2.05 bits per heavy atom. The molecule has 0 amide bonds. The molecular formula is C28H21FO9. The maximum absolute atomic E-state index is 15.0.